The molecule has 0 bridgehead atoms. The highest BCUT2D eigenvalue weighted by Crippen LogP contribution is 2.08. The number of rotatable bonds is 4. The second kappa shape index (κ2) is 6.61. The largest absolute Gasteiger partial charge is 0.349 e. The lowest BCUT2D eigenvalue weighted by Gasteiger charge is -2.10. The average Bonchev–Trinajstić information content (AvgIpc) is 2.37. The third-order valence-electron chi connectivity index (χ3n) is 2.74. The molecule has 94 valence electrons. The Bertz CT molecular complexity index is 480. The molecule has 3 heteroatoms. The van der Waals surface area contributed by atoms with Crippen LogP contribution in [0.3, 0.4) is 0 Å². The van der Waals surface area contributed by atoms with Gasteiger partial charge in [-0.2, -0.15) is 5.26 Å². The molecule has 1 rings (SSSR count). The normalized spacial score (nSPS) is 12.7. The highest BCUT2D eigenvalue weighted by molar-refractivity contribution is 6.01. The summed E-state index contributed by atoms with van der Waals surface area (Å²) in [6.07, 6.45) is 2.45. The smallest absolute Gasteiger partial charge is 0.262 e. The molecule has 0 saturated heterocycles. The zero-order valence-corrected chi connectivity index (χ0v) is 11.0. The summed E-state index contributed by atoms with van der Waals surface area (Å²) in [5, 5.41) is 11.8. The standard InChI is InChI=1S/C15H18N2O/c1-4-12(3)17-15(18)14(10-16)9-13-7-5-11(2)6-8-13/h5-9,12H,4H2,1-3H3,(H,17,18)/b14-9+/t12-/m1/s1. The molecular formula is C15H18N2O. The molecule has 0 heterocycles. The summed E-state index contributed by atoms with van der Waals surface area (Å²) in [6, 6.07) is 9.71. The van der Waals surface area contributed by atoms with Gasteiger partial charge in [-0.05, 0) is 31.9 Å². The number of carbonyl (C=O) groups is 1. The minimum absolute atomic E-state index is 0.0762. The fourth-order valence-corrected chi connectivity index (χ4v) is 1.38. The number of amides is 1. The van der Waals surface area contributed by atoms with Gasteiger partial charge in [0, 0.05) is 6.04 Å². The molecule has 0 aliphatic rings. The Balaban J connectivity index is 2.86. The van der Waals surface area contributed by atoms with E-state index >= 15 is 0 Å². The zero-order valence-electron chi connectivity index (χ0n) is 11.0. The third-order valence-corrected chi connectivity index (χ3v) is 2.74. The van der Waals surface area contributed by atoms with Crippen LogP contribution in [-0.4, -0.2) is 11.9 Å². The van der Waals surface area contributed by atoms with Crippen molar-refractivity contribution >= 4 is 12.0 Å². The number of carbonyl (C=O) groups excluding carboxylic acids is 1. The van der Waals surface area contributed by atoms with Gasteiger partial charge in [-0.3, -0.25) is 4.79 Å². The highest BCUT2D eigenvalue weighted by Gasteiger charge is 2.10. The van der Waals surface area contributed by atoms with E-state index in [1.54, 1.807) is 6.08 Å². The second-order valence-electron chi connectivity index (χ2n) is 4.36. The number of aryl methyl sites for hydroxylation is 1. The molecule has 0 aromatic heterocycles. The summed E-state index contributed by atoms with van der Waals surface area (Å²) in [5.41, 5.74) is 2.14. The van der Waals surface area contributed by atoms with E-state index in [0.717, 1.165) is 17.5 Å². The van der Waals surface area contributed by atoms with Crippen LogP contribution in [0.25, 0.3) is 6.08 Å². The summed E-state index contributed by atoms with van der Waals surface area (Å²) in [7, 11) is 0. The first-order chi connectivity index (χ1) is 8.56. The van der Waals surface area contributed by atoms with E-state index in [0.29, 0.717) is 0 Å². The Labute approximate surface area is 108 Å². The summed E-state index contributed by atoms with van der Waals surface area (Å²) >= 11 is 0. The number of nitrogens with one attached hydrogen (secondary N) is 1. The number of nitriles is 1. The molecule has 0 radical (unpaired) electrons. The molecule has 1 aromatic carbocycles. The number of hydrogen-bond acceptors (Lipinski definition) is 2. The maximum absolute atomic E-state index is 11.8. The zero-order chi connectivity index (χ0) is 13.5. The Morgan fingerprint density at radius 3 is 2.56 bits per heavy atom. The van der Waals surface area contributed by atoms with Gasteiger partial charge >= 0.3 is 0 Å². The maximum Gasteiger partial charge on any atom is 0.262 e. The molecule has 1 amide bonds. The third kappa shape index (κ3) is 4.06. The molecule has 1 N–H and O–H groups in total. The van der Waals surface area contributed by atoms with Crippen LogP contribution in [0.15, 0.2) is 29.8 Å². The molecule has 3 nitrogen and oxygen atoms in total. The summed E-state index contributed by atoms with van der Waals surface area (Å²) in [5.74, 6) is -0.313. The van der Waals surface area contributed by atoms with Gasteiger partial charge in [0.05, 0.1) is 0 Å². The Kier molecular flexibility index (Phi) is 5.13. The van der Waals surface area contributed by atoms with Crippen molar-refractivity contribution < 1.29 is 4.79 Å². The Morgan fingerprint density at radius 2 is 2.06 bits per heavy atom. The van der Waals surface area contributed by atoms with E-state index in [1.165, 1.54) is 0 Å². The van der Waals surface area contributed by atoms with Crippen LogP contribution >= 0.6 is 0 Å². The monoisotopic (exact) mass is 242 g/mol. The van der Waals surface area contributed by atoms with Crippen LogP contribution in [0.2, 0.25) is 0 Å². The van der Waals surface area contributed by atoms with Gasteiger partial charge in [0.1, 0.15) is 11.6 Å². The quantitative estimate of drug-likeness (QED) is 0.652. The van der Waals surface area contributed by atoms with E-state index in [9.17, 15) is 4.79 Å². The lowest BCUT2D eigenvalue weighted by Crippen LogP contribution is -2.32. The molecule has 0 aliphatic carbocycles. The lowest BCUT2D eigenvalue weighted by molar-refractivity contribution is -0.117. The molecular weight excluding hydrogens is 224 g/mol. The molecule has 0 fully saturated rings. The van der Waals surface area contributed by atoms with Crippen LogP contribution in [0.5, 0.6) is 0 Å². The van der Waals surface area contributed by atoms with Gasteiger partial charge in [-0.25, -0.2) is 0 Å². The van der Waals surface area contributed by atoms with E-state index in [-0.39, 0.29) is 17.5 Å². The van der Waals surface area contributed by atoms with Gasteiger partial charge in [-0.1, -0.05) is 36.8 Å². The van der Waals surface area contributed by atoms with Crippen molar-refractivity contribution in [1.29, 1.82) is 5.26 Å². The van der Waals surface area contributed by atoms with E-state index in [2.05, 4.69) is 5.32 Å². The van der Waals surface area contributed by atoms with Gasteiger partial charge in [0.2, 0.25) is 0 Å². The van der Waals surface area contributed by atoms with Crippen LogP contribution in [0, 0.1) is 18.3 Å². The average molecular weight is 242 g/mol. The van der Waals surface area contributed by atoms with E-state index in [1.807, 2.05) is 51.1 Å². The number of hydrogen-bond donors (Lipinski definition) is 1. The lowest BCUT2D eigenvalue weighted by atomic mass is 10.1. The molecule has 0 unspecified atom stereocenters. The molecule has 1 aromatic rings. The number of nitrogens with zero attached hydrogens (tertiary/aromatic N) is 1. The first-order valence-electron chi connectivity index (χ1n) is 6.06. The molecule has 0 aliphatic heterocycles. The van der Waals surface area contributed by atoms with E-state index in [4.69, 9.17) is 5.26 Å². The first kappa shape index (κ1) is 14.0. The SMILES string of the molecule is CC[C@@H](C)NC(=O)/C(C#N)=C/c1ccc(C)cc1. The van der Waals surface area contributed by atoms with Crippen LogP contribution in [0.1, 0.15) is 31.4 Å². The minimum atomic E-state index is -0.313. The maximum atomic E-state index is 11.8. The first-order valence-corrected chi connectivity index (χ1v) is 6.06. The molecule has 1 atom stereocenters. The van der Waals surface area contributed by atoms with Crippen molar-refractivity contribution in [2.75, 3.05) is 0 Å². The fraction of sp³-hybridized carbons (Fsp3) is 0.333. The van der Waals surface area contributed by atoms with Crippen molar-refractivity contribution in [3.05, 3.63) is 41.0 Å². The topological polar surface area (TPSA) is 52.9 Å². The van der Waals surface area contributed by atoms with Gasteiger partial charge in [0.15, 0.2) is 0 Å². The summed E-state index contributed by atoms with van der Waals surface area (Å²) in [4.78, 5) is 11.8. The molecule has 0 saturated carbocycles. The highest BCUT2D eigenvalue weighted by atomic mass is 16.1. The van der Waals surface area contributed by atoms with Crippen molar-refractivity contribution in [3.8, 4) is 6.07 Å². The summed E-state index contributed by atoms with van der Waals surface area (Å²) < 4.78 is 0. The van der Waals surface area contributed by atoms with Crippen molar-refractivity contribution in [2.24, 2.45) is 0 Å². The molecule has 18 heavy (non-hydrogen) atoms. The van der Waals surface area contributed by atoms with Crippen LogP contribution < -0.4 is 5.32 Å². The minimum Gasteiger partial charge on any atom is -0.349 e. The predicted octanol–water partition coefficient (Wildman–Crippen LogP) is 2.82. The summed E-state index contributed by atoms with van der Waals surface area (Å²) in [6.45, 7) is 5.90. The van der Waals surface area contributed by atoms with Crippen LogP contribution in [0.4, 0.5) is 0 Å². The predicted molar refractivity (Wildman–Crippen MR) is 72.7 cm³/mol. The fourth-order valence-electron chi connectivity index (χ4n) is 1.38. The van der Waals surface area contributed by atoms with Crippen LogP contribution in [-0.2, 0) is 4.79 Å². The second-order valence-corrected chi connectivity index (χ2v) is 4.36. The van der Waals surface area contributed by atoms with Crippen molar-refractivity contribution in [2.45, 2.75) is 33.2 Å². The Morgan fingerprint density at radius 1 is 1.44 bits per heavy atom. The van der Waals surface area contributed by atoms with Crippen molar-refractivity contribution in [3.63, 3.8) is 0 Å². The Hall–Kier alpha value is -2.08. The van der Waals surface area contributed by atoms with E-state index < -0.39 is 0 Å². The van der Waals surface area contributed by atoms with Crippen molar-refractivity contribution in [1.82, 2.24) is 5.32 Å². The van der Waals surface area contributed by atoms with Gasteiger partial charge in [0.25, 0.3) is 5.91 Å². The number of benzene rings is 1. The van der Waals surface area contributed by atoms with Gasteiger partial charge < -0.3 is 5.32 Å². The van der Waals surface area contributed by atoms with Gasteiger partial charge in [-0.15, -0.1) is 0 Å². The molecule has 0 spiro atoms.